The third-order valence-corrected chi connectivity index (χ3v) is 6.91. The van der Waals surface area contributed by atoms with E-state index in [0.717, 1.165) is 52.2 Å². The van der Waals surface area contributed by atoms with Crippen molar-refractivity contribution in [3.8, 4) is 22.6 Å². The van der Waals surface area contributed by atoms with Crippen LogP contribution in [0.25, 0.3) is 11.1 Å². The van der Waals surface area contributed by atoms with Gasteiger partial charge in [0.05, 0.1) is 12.0 Å². The van der Waals surface area contributed by atoms with E-state index in [-0.39, 0.29) is 26.0 Å². The van der Waals surface area contributed by atoms with E-state index in [1.165, 1.54) is 5.56 Å². The third kappa shape index (κ3) is 4.04. The van der Waals surface area contributed by atoms with Crippen molar-refractivity contribution in [2.45, 2.75) is 57.5 Å². The largest absolute Gasteiger partial charge is 0.454 e. The molecule has 4 heteroatoms. The molecule has 0 bridgehead atoms. The Hall–Kier alpha value is -3.11. The van der Waals surface area contributed by atoms with Crippen LogP contribution in [0.4, 0.5) is 0 Å². The molecule has 1 heterocycles. The van der Waals surface area contributed by atoms with Gasteiger partial charge in [0, 0.05) is 7.85 Å². The van der Waals surface area contributed by atoms with E-state index in [0.29, 0.717) is 6.42 Å². The lowest BCUT2D eigenvalue weighted by molar-refractivity contribution is -0.120. The molecule has 1 N–H and O–H groups in total. The Morgan fingerprint density at radius 2 is 1.64 bits per heavy atom. The number of Topliss-reactive ketones (excluding diaryl/α,β-unsaturated/α-hetero) is 1. The molecule has 0 saturated heterocycles. The molecule has 172 valence electrons. The van der Waals surface area contributed by atoms with Crippen LogP contribution in [0.3, 0.4) is 0 Å². The molecule has 1 saturated carbocycles. The second-order valence-electron chi connectivity index (χ2n) is 10.2. The van der Waals surface area contributed by atoms with E-state index in [2.05, 4.69) is 51.1 Å². The van der Waals surface area contributed by atoms with Crippen molar-refractivity contribution in [3.05, 3.63) is 82.9 Å². The highest BCUT2D eigenvalue weighted by Gasteiger charge is 2.50. The van der Waals surface area contributed by atoms with Crippen molar-refractivity contribution in [2.24, 2.45) is 0 Å². The predicted molar refractivity (Wildman–Crippen MR) is 131 cm³/mol. The summed E-state index contributed by atoms with van der Waals surface area (Å²) in [6.07, 6.45) is 2.16. The monoisotopic (exact) mass is 444 g/mol. The Morgan fingerprint density at radius 1 is 0.939 bits per heavy atom. The van der Waals surface area contributed by atoms with Gasteiger partial charge in [-0.15, -0.1) is 0 Å². The Kier molecular flexibility index (Phi) is 5.29. The molecule has 1 fully saturated rings. The first kappa shape index (κ1) is 21.7. The number of ether oxygens (including phenoxy) is 2. The fourth-order valence-electron chi connectivity index (χ4n) is 4.79. The van der Waals surface area contributed by atoms with Crippen LogP contribution in [0, 0.1) is 0 Å². The zero-order chi connectivity index (χ0) is 23.2. The summed E-state index contributed by atoms with van der Waals surface area (Å²) in [5.74, 6) is 1.73. The second-order valence-corrected chi connectivity index (χ2v) is 10.2. The van der Waals surface area contributed by atoms with Crippen molar-refractivity contribution in [3.63, 3.8) is 0 Å². The maximum absolute atomic E-state index is 13.5. The molecule has 0 atom stereocenters. The Labute approximate surface area is 196 Å². The molecule has 3 aromatic rings. The van der Waals surface area contributed by atoms with Gasteiger partial charge in [0.25, 0.3) is 0 Å². The first-order chi connectivity index (χ1) is 15.8. The Bertz CT molecular complexity index is 1200. The third-order valence-electron chi connectivity index (χ3n) is 6.91. The molecule has 0 amide bonds. The van der Waals surface area contributed by atoms with Crippen molar-refractivity contribution in [1.29, 1.82) is 0 Å². The van der Waals surface area contributed by atoms with E-state index in [1.807, 2.05) is 30.3 Å². The molecule has 33 heavy (non-hydrogen) atoms. The first-order valence-electron chi connectivity index (χ1n) is 11.6. The van der Waals surface area contributed by atoms with E-state index >= 15 is 0 Å². The van der Waals surface area contributed by atoms with Crippen molar-refractivity contribution >= 4 is 5.78 Å². The molecule has 0 unspecified atom stereocenters. The topological polar surface area (TPSA) is 55.8 Å². The number of carbonyl (C=O) groups is 1. The second kappa shape index (κ2) is 8.03. The molecule has 1 aliphatic heterocycles. The number of aliphatic hydroxyl groups is 1. The molecule has 0 aromatic heterocycles. The maximum atomic E-state index is 13.5. The molecule has 0 radical (unpaired) electrons. The van der Waals surface area contributed by atoms with Gasteiger partial charge in [-0.25, -0.2) is 0 Å². The maximum Gasteiger partial charge on any atom is 0.231 e. The quantitative estimate of drug-likeness (QED) is 0.510. The summed E-state index contributed by atoms with van der Waals surface area (Å²) in [5.41, 5.74) is 6.00. The van der Waals surface area contributed by atoms with Crippen LogP contribution in [-0.2, 0) is 28.7 Å². The van der Waals surface area contributed by atoms with Crippen LogP contribution in [-0.4, -0.2) is 17.7 Å². The fraction of sp³-hybridized carbons (Fsp3) is 0.345. The minimum Gasteiger partial charge on any atom is -0.454 e. The zero-order valence-corrected chi connectivity index (χ0v) is 19.5. The van der Waals surface area contributed by atoms with Crippen molar-refractivity contribution in [2.75, 3.05) is 6.79 Å². The summed E-state index contributed by atoms with van der Waals surface area (Å²) in [4.78, 5) is 13.5. The standard InChI is InChI=1S/C29H30O4.H2/c1-28(2,3)24-10-6-20(14-23(24)21-7-4-19(17-30)5-8-21)15-27(31)29(12-13-29)22-9-11-25-26(16-22)33-18-32-25;/h4-11,14,16,30H,12-13,15,17-18H2,1-3H3;1H. The lowest BCUT2D eigenvalue weighted by atomic mass is 9.80. The summed E-state index contributed by atoms with van der Waals surface area (Å²) in [6.45, 7) is 6.89. The predicted octanol–water partition coefficient (Wildman–Crippen LogP) is 5.96. The summed E-state index contributed by atoms with van der Waals surface area (Å²) >= 11 is 0. The minimum absolute atomic E-state index is 0. The molecule has 5 rings (SSSR count). The fourth-order valence-corrected chi connectivity index (χ4v) is 4.79. The number of hydrogen-bond donors (Lipinski definition) is 1. The summed E-state index contributed by atoms with van der Waals surface area (Å²) < 4.78 is 11.0. The van der Waals surface area contributed by atoms with E-state index in [9.17, 15) is 9.90 Å². The number of fused-ring (bicyclic) bond motifs is 1. The normalized spacial score (nSPS) is 16.0. The van der Waals surface area contributed by atoms with Gasteiger partial charge in [0.15, 0.2) is 11.5 Å². The van der Waals surface area contributed by atoms with Crippen LogP contribution in [0.5, 0.6) is 11.5 Å². The van der Waals surface area contributed by atoms with E-state index in [4.69, 9.17) is 9.47 Å². The smallest absolute Gasteiger partial charge is 0.231 e. The molecule has 4 nitrogen and oxygen atoms in total. The van der Waals surface area contributed by atoms with Crippen LogP contribution in [0.1, 0.15) is 57.3 Å². The lowest BCUT2D eigenvalue weighted by Crippen LogP contribution is -2.22. The van der Waals surface area contributed by atoms with Crippen LogP contribution < -0.4 is 9.47 Å². The van der Waals surface area contributed by atoms with Gasteiger partial charge in [-0.3, -0.25) is 4.79 Å². The zero-order valence-electron chi connectivity index (χ0n) is 19.5. The van der Waals surface area contributed by atoms with Gasteiger partial charge in [-0.1, -0.05) is 69.3 Å². The number of aliphatic hydroxyl groups excluding tert-OH is 1. The molecule has 1 aliphatic carbocycles. The van der Waals surface area contributed by atoms with Crippen LogP contribution >= 0.6 is 0 Å². The van der Waals surface area contributed by atoms with Crippen LogP contribution in [0.15, 0.2) is 60.7 Å². The minimum atomic E-state index is -0.410. The number of benzene rings is 3. The lowest BCUT2D eigenvalue weighted by Gasteiger charge is -2.24. The van der Waals surface area contributed by atoms with Gasteiger partial charge in [-0.05, 0) is 63.8 Å². The average molecular weight is 445 g/mol. The van der Waals surface area contributed by atoms with Gasteiger partial charge in [0.1, 0.15) is 5.78 Å². The average Bonchev–Trinajstić information content (AvgIpc) is 3.49. The summed E-state index contributed by atoms with van der Waals surface area (Å²) in [6, 6.07) is 20.3. The SMILES string of the molecule is CC(C)(C)c1ccc(CC(=O)C2(c3ccc4c(c3)OCO4)CC2)cc1-c1ccc(CO)cc1.[HH]. The number of hydrogen-bond acceptors (Lipinski definition) is 4. The summed E-state index contributed by atoms with van der Waals surface area (Å²) in [7, 11) is 0. The van der Waals surface area contributed by atoms with E-state index < -0.39 is 5.41 Å². The van der Waals surface area contributed by atoms with Crippen molar-refractivity contribution in [1.82, 2.24) is 0 Å². The number of ketones is 1. The molecular formula is C29H32O4. The summed E-state index contributed by atoms with van der Waals surface area (Å²) in [5, 5.41) is 9.40. The van der Waals surface area contributed by atoms with Gasteiger partial charge >= 0.3 is 0 Å². The van der Waals surface area contributed by atoms with Gasteiger partial charge in [0.2, 0.25) is 6.79 Å². The van der Waals surface area contributed by atoms with Gasteiger partial charge < -0.3 is 14.6 Å². The number of rotatable bonds is 6. The molecule has 3 aromatic carbocycles. The highest BCUT2D eigenvalue weighted by molar-refractivity contribution is 5.95. The highest BCUT2D eigenvalue weighted by Crippen LogP contribution is 2.51. The number of carbonyl (C=O) groups excluding carboxylic acids is 1. The molecular weight excluding hydrogens is 412 g/mol. The molecule has 0 spiro atoms. The van der Waals surface area contributed by atoms with E-state index in [1.54, 1.807) is 0 Å². The highest BCUT2D eigenvalue weighted by atomic mass is 16.7. The molecule has 2 aliphatic rings. The Morgan fingerprint density at radius 3 is 2.30 bits per heavy atom. The van der Waals surface area contributed by atoms with Crippen molar-refractivity contribution < 1.29 is 20.8 Å². The Balaban J connectivity index is 0.00000274. The van der Waals surface area contributed by atoms with Gasteiger partial charge in [-0.2, -0.15) is 0 Å². The van der Waals surface area contributed by atoms with Crippen LogP contribution in [0.2, 0.25) is 0 Å². The first-order valence-corrected chi connectivity index (χ1v) is 11.6.